The average molecular weight is 390 g/mol. The number of sulfonamides is 1. The quantitative estimate of drug-likeness (QED) is 0.873. The second-order valence-electron chi connectivity index (χ2n) is 7.04. The molecule has 4 rings (SSSR count). The van der Waals surface area contributed by atoms with Gasteiger partial charge in [-0.3, -0.25) is 14.6 Å². The van der Waals surface area contributed by atoms with Gasteiger partial charge in [-0.25, -0.2) is 8.42 Å². The fourth-order valence-electron chi connectivity index (χ4n) is 3.64. The second-order valence-corrected chi connectivity index (χ2v) is 9.67. The number of likely N-dealkylation sites (tertiary alicyclic amines) is 1. The van der Waals surface area contributed by atoms with E-state index in [0.717, 1.165) is 19.0 Å². The van der Waals surface area contributed by atoms with Gasteiger partial charge in [0, 0.05) is 10.4 Å². The third-order valence-corrected chi connectivity index (χ3v) is 7.59. The summed E-state index contributed by atoms with van der Waals surface area (Å²) in [4.78, 5) is 8.80. The van der Waals surface area contributed by atoms with Gasteiger partial charge in [0.15, 0.2) is 0 Å². The van der Waals surface area contributed by atoms with Crippen LogP contribution in [0.3, 0.4) is 0 Å². The first-order valence-corrected chi connectivity index (χ1v) is 11.3. The molecule has 0 radical (unpaired) electrons. The molecule has 0 amide bonds. The van der Waals surface area contributed by atoms with Gasteiger partial charge < -0.3 is 0 Å². The van der Waals surface area contributed by atoms with Gasteiger partial charge in [0.05, 0.1) is 17.5 Å². The van der Waals surface area contributed by atoms with Gasteiger partial charge in [-0.2, -0.15) is 0 Å². The molecular weight excluding hydrogens is 366 g/mol. The van der Waals surface area contributed by atoms with E-state index in [1.165, 1.54) is 17.7 Å². The summed E-state index contributed by atoms with van der Waals surface area (Å²) in [6.45, 7) is 5.00. The van der Waals surface area contributed by atoms with Gasteiger partial charge >= 0.3 is 0 Å². The fourth-order valence-corrected chi connectivity index (χ4v) is 5.74. The standard InChI is InChI=1S/C19H23N3O2S2/c1-14-8-10-22(11-9-14)16(17-6-4-12-25-17)13-20-19-15-5-2-3-7-18(15)26(23,24)21-19/h2-7,12,14,16H,8-11,13H2,1H3,(H,20,21)/t16-/m1/s1. The molecule has 7 heteroatoms. The molecule has 0 unspecified atom stereocenters. The number of benzene rings is 1. The van der Waals surface area contributed by atoms with Crippen LogP contribution >= 0.6 is 11.3 Å². The Labute approximate surface area is 158 Å². The molecule has 3 heterocycles. The van der Waals surface area contributed by atoms with E-state index < -0.39 is 10.0 Å². The van der Waals surface area contributed by atoms with Gasteiger partial charge in [0.25, 0.3) is 10.0 Å². The summed E-state index contributed by atoms with van der Waals surface area (Å²) in [6, 6.07) is 11.5. The largest absolute Gasteiger partial charge is 0.294 e. The van der Waals surface area contributed by atoms with Crippen molar-refractivity contribution < 1.29 is 8.42 Å². The van der Waals surface area contributed by atoms with E-state index in [0.29, 0.717) is 22.8 Å². The molecule has 2 aliphatic heterocycles. The molecule has 0 aliphatic carbocycles. The lowest BCUT2D eigenvalue weighted by Crippen LogP contribution is -2.37. The Kier molecular flexibility index (Phi) is 4.86. The number of nitrogens with one attached hydrogen (secondary N) is 1. The van der Waals surface area contributed by atoms with Crippen molar-refractivity contribution >= 4 is 27.2 Å². The van der Waals surface area contributed by atoms with Crippen LogP contribution in [-0.2, 0) is 10.0 Å². The van der Waals surface area contributed by atoms with Crippen LogP contribution in [0.1, 0.15) is 36.2 Å². The van der Waals surface area contributed by atoms with Crippen molar-refractivity contribution in [3.63, 3.8) is 0 Å². The van der Waals surface area contributed by atoms with E-state index in [1.54, 1.807) is 23.5 Å². The summed E-state index contributed by atoms with van der Waals surface area (Å²) < 4.78 is 27.2. The van der Waals surface area contributed by atoms with E-state index in [1.807, 2.05) is 12.1 Å². The Bertz CT molecular complexity index is 899. The topological polar surface area (TPSA) is 61.8 Å². The molecule has 138 valence electrons. The number of aliphatic imine (C=N–C) groups is 1. The Hall–Kier alpha value is -1.70. The smallest absolute Gasteiger partial charge is 0.263 e. The fraction of sp³-hybridized carbons (Fsp3) is 0.421. The number of fused-ring (bicyclic) bond motifs is 1. The molecule has 2 aliphatic rings. The number of nitrogens with zero attached hydrogens (tertiary/aromatic N) is 2. The number of hydrogen-bond acceptors (Lipinski definition) is 5. The van der Waals surface area contributed by atoms with Crippen LogP contribution in [0.25, 0.3) is 0 Å². The number of rotatable bonds is 4. The second kappa shape index (κ2) is 7.13. The lowest BCUT2D eigenvalue weighted by atomic mass is 9.97. The summed E-state index contributed by atoms with van der Waals surface area (Å²) in [5.41, 5.74) is 0.671. The molecule has 0 saturated carbocycles. The van der Waals surface area contributed by atoms with E-state index >= 15 is 0 Å². The predicted octanol–water partition coefficient (Wildman–Crippen LogP) is 3.26. The van der Waals surface area contributed by atoms with Gasteiger partial charge in [-0.05, 0) is 55.4 Å². The zero-order valence-electron chi connectivity index (χ0n) is 14.8. The van der Waals surface area contributed by atoms with Crippen molar-refractivity contribution in [2.75, 3.05) is 19.6 Å². The van der Waals surface area contributed by atoms with Crippen LogP contribution in [0.15, 0.2) is 51.7 Å². The maximum Gasteiger partial charge on any atom is 0.263 e. The highest BCUT2D eigenvalue weighted by Gasteiger charge is 2.31. The van der Waals surface area contributed by atoms with Gasteiger partial charge in [-0.15, -0.1) is 11.3 Å². The Morgan fingerprint density at radius 3 is 2.73 bits per heavy atom. The van der Waals surface area contributed by atoms with Crippen molar-refractivity contribution in [3.05, 3.63) is 52.2 Å². The minimum atomic E-state index is -3.48. The normalized spacial score (nSPS) is 22.9. The molecule has 26 heavy (non-hydrogen) atoms. The molecule has 0 spiro atoms. The SMILES string of the molecule is CC1CCN([C@H](CN=C2NS(=O)(=O)c3ccccc32)c2cccs2)CC1. The Morgan fingerprint density at radius 1 is 1.23 bits per heavy atom. The highest BCUT2D eigenvalue weighted by molar-refractivity contribution is 7.90. The highest BCUT2D eigenvalue weighted by Crippen LogP contribution is 2.30. The van der Waals surface area contributed by atoms with Crippen LogP contribution in [0.2, 0.25) is 0 Å². The van der Waals surface area contributed by atoms with E-state index in [2.05, 4.69) is 34.1 Å². The zero-order chi connectivity index (χ0) is 18.1. The first-order valence-electron chi connectivity index (χ1n) is 8.99. The van der Waals surface area contributed by atoms with Crippen molar-refractivity contribution in [3.8, 4) is 0 Å². The number of thiophene rings is 1. The van der Waals surface area contributed by atoms with Crippen LogP contribution in [0, 0.1) is 5.92 Å². The third kappa shape index (κ3) is 3.43. The average Bonchev–Trinajstić information content (AvgIpc) is 3.24. The summed E-state index contributed by atoms with van der Waals surface area (Å²) in [6.07, 6.45) is 2.40. The first-order chi connectivity index (χ1) is 12.5. The van der Waals surface area contributed by atoms with E-state index in [-0.39, 0.29) is 6.04 Å². The van der Waals surface area contributed by atoms with Crippen molar-refractivity contribution in [1.29, 1.82) is 0 Å². The Morgan fingerprint density at radius 2 is 2.00 bits per heavy atom. The molecule has 5 nitrogen and oxygen atoms in total. The molecule has 1 atom stereocenters. The molecule has 1 aromatic carbocycles. The summed E-state index contributed by atoms with van der Waals surface area (Å²) >= 11 is 1.74. The summed E-state index contributed by atoms with van der Waals surface area (Å²) in [5, 5.41) is 2.09. The molecule has 0 bridgehead atoms. The van der Waals surface area contributed by atoms with Gasteiger partial charge in [0.2, 0.25) is 0 Å². The monoisotopic (exact) mass is 389 g/mol. The molecular formula is C19H23N3O2S2. The third-order valence-electron chi connectivity index (χ3n) is 5.22. The number of hydrogen-bond donors (Lipinski definition) is 1. The molecule has 1 fully saturated rings. The van der Waals surface area contributed by atoms with Crippen LogP contribution in [0.5, 0.6) is 0 Å². The molecule has 2 aromatic rings. The minimum absolute atomic E-state index is 0.201. The highest BCUT2D eigenvalue weighted by atomic mass is 32.2. The maximum atomic E-state index is 12.3. The number of piperidine rings is 1. The van der Waals surface area contributed by atoms with Crippen molar-refractivity contribution in [2.24, 2.45) is 10.9 Å². The van der Waals surface area contributed by atoms with Crippen LogP contribution in [0.4, 0.5) is 0 Å². The van der Waals surface area contributed by atoms with Crippen LogP contribution in [-0.4, -0.2) is 38.8 Å². The van der Waals surface area contributed by atoms with E-state index in [4.69, 9.17) is 4.99 Å². The predicted molar refractivity (Wildman–Crippen MR) is 105 cm³/mol. The lowest BCUT2D eigenvalue weighted by molar-refractivity contribution is 0.143. The van der Waals surface area contributed by atoms with Gasteiger partial charge in [0.1, 0.15) is 5.84 Å². The molecule has 1 N–H and O–H groups in total. The lowest BCUT2D eigenvalue weighted by Gasteiger charge is -2.35. The first kappa shape index (κ1) is 17.7. The van der Waals surface area contributed by atoms with E-state index in [9.17, 15) is 8.42 Å². The zero-order valence-corrected chi connectivity index (χ0v) is 16.4. The maximum absolute atomic E-state index is 12.3. The Balaban J connectivity index is 1.60. The summed E-state index contributed by atoms with van der Waals surface area (Å²) in [7, 11) is -3.48. The van der Waals surface area contributed by atoms with Crippen molar-refractivity contribution in [1.82, 2.24) is 9.62 Å². The molecule has 1 saturated heterocycles. The molecule has 1 aromatic heterocycles. The van der Waals surface area contributed by atoms with Gasteiger partial charge in [-0.1, -0.05) is 25.1 Å². The minimum Gasteiger partial charge on any atom is -0.294 e. The summed E-state index contributed by atoms with van der Waals surface area (Å²) in [5.74, 6) is 1.24. The van der Waals surface area contributed by atoms with Crippen LogP contribution < -0.4 is 4.72 Å². The number of amidine groups is 1. The van der Waals surface area contributed by atoms with Crippen molar-refractivity contribution in [2.45, 2.75) is 30.7 Å².